The van der Waals surface area contributed by atoms with Crippen LogP contribution in [0.1, 0.15) is 24.7 Å². The van der Waals surface area contributed by atoms with Gasteiger partial charge in [-0.2, -0.15) is 6.54 Å². The molecular weight excluding hydrogens is 319 g/mol. The van der Waals surface area contributed by atoms with Crippen molar-refractivity contribution < 1.29 is 44.1 Å². The fourth-order valence-electron chi connectivity index (χ4n) is 1.04. The molecule has 21 heavy (non-hydrogen) atoms. The maximum atomic E-state index is 10.3. The van der Waals surface area contributed by atoms with Crippen molar-refractivity contribution >= 4 is 11.9 Å². The molecule has 1 aromatic heterocycles. The Morgan fingerprint density at radius 3 is 1.76 bits per heavy atom. The number of hydrogen-bond acceptors (Lipinski definition) is 4. The van der Waals surface area contributed by atoms with Gasteiger partial charge in [-0.15, -0.1) is 0 Å². The Morgan fingerprint density at radius 1 is 1.19 bits per heavy atom. The summed E-state index contributed by atoms with van der Waals surface area (Å²) in [7, 11) is 0. The predicted octanol–water partition coefficient (Wildman–Crippen LogP) is 1.11. The molecule has 8 nitrogen and oxygen atoms in total. The van der Waals surface area contributed by atoms with E-state index >= 15 is 0 Å². The molecule has 0 amide bonds. The fourth-order valence-corrected chi connectivity index (χ4v) is 1.04. The van der Waals surface area contributed by atoms with E-state index in [2.05, 4.69) is 4.98 Å². The Balaban J connectivity index is 0. The molecule has 0 aliphatic carbocycles. The van der Waals surface area contributed by atoms with Crippen LogP contribution >= 0.6 is 0 Å². The summed E-state index contributed by atoms with van der Waals surface area (Å²) in [6.45, 7) is 2.56. The summed E-state index contributed by atoms with van der Waals surface area (Å²) in [6, 6.07) is 4.71. The van der Waals surface area contributed by atoms with Crippen LogP contribution in [-0.4, -0.2) is 37.7 Å². The first-order valence-electron chi connectivity index (χ1n) is 5.90. The van der Waals surface area contributed by atoms with Gasteiger partial charge in [0.05, 0.1) is 24.2 Å². The van der Waals surface area contributed by atoms with Crippen LogP contribution in [0.2, 0.25) is 0 Å². The number of pyridine rings is 1. The third-order valence-corrected chi connectivity index (χ3v) is 1.78. The molecule has 0 radical (unpaired) electrons. The van der Waals surface area contributed by atoms with Crippen molar-refractivity contribution in [3.05, 3.63) is 35.3 Å². The average Bonchev–Trinajstić information content (AvgIpc) is 2.39. The van der Waals surface area contributed by atoms with E-state index in [0.717, 1.165) is 6.42 Å². The normalized spacial score (nSPS) is 8.52. The summed E-state index contributed by atoms with van der Waals surface area (Å²) in [4.78, 5) is 24.6. The monoisotopic (exact) mass is 337 g/mol. The molecule has 1 rings (SSSR count). The van der Waals surface area contributed by atoms with Crippen molar-refractivity contribution in [2.24, 2.45) is 0 Å². The number of carboxylic acids is 2. The van der Waals surface area contributed by atoms with Crippen LogP contribution in [-0.2, 0) is 42.7 Å². The zero-order valence-electron chi connectivity index (χ0n) is 11.5. The van der Waals surface area contributed by atoms with Gasteiger partial charge in [0.25, 0.3) is 0 Å². The molecule has 0 spiro atoms. The first-order valence-corrected chi connectivity index (χ1v) is 7.10. The van der Waals surface area contributed by atoms with E-state index in [1.807, 2.05) is 6.92 Å². The topological polar surface area (TPSA) is 149 Å². The van der Waals surface area contributed by atoms with E-state index in [1.165, 1.54) is 0 Å². The quantitative estimate of drug-likeness (QED) is 0.728. The SMILES string of the molecule is CCC[NH-].O=C(O)Cc1cccc(CC(=O)O)n1.[O]=[V][OH]. The Labute approximate surface area is 129 Å². The van der Waals surface area contributed by atoms with Gasteiger partial charge in [0.1, 0.15) is 0 Å². The average molecular weight is 337 g/mol. The zero-order chi connectivity index (χ0) is 16.7. The second-order valence-electron chi connectivity index (χ2n) is 3.59. The standard InChI is InChI=1S/C9H9NO4.C3H8N.H2O.O.V/c11-8(12)4-6-2-1-3-7(10-6)5-9(13)14;1-2-3-4;;;/h1-3H,4-5H2,(H,11,12)(H,13,14);4H,2-3H2,1H3;1H2;;/q;-1;;;+1/p-1. The van der Waals surface area contributed by atoms with Gasteiger partial charge in [-0.3, -0.25) is 14.6 Å². The number of carbonyl (C=O) groups is 2. The molecular formula is C12H18N2O6V-. The minimum atomic E-state index is -1.56. The van der Waals surface area contributed by atoms with Crippen molar-refractivity contribution in [3.8, 4) is 0 Å². The zero-order valence-corrected chi connectivity index (χ0v) is 12.9. The maximum absolute atomic E-state index is 10.3. The third-order valence-electron chi connectivity index (χ3n) is 1.78. The first-order chi connectivity index (χ1) is 9.90. The number of aromatic nitrogens is 1. The number of nitrogens with zero attached hydrogens (tertiary/aromatic N) is 1. The van der Waals surface area contributed by atoms with Gasteiger partial charge in [0.2, 0.25) is 0 Å². The van der Waals surface area contributed by atoms with Crippen molar-refractivity contribution in [1.29, 1.82) is 0 Å². The van der Waals surface area contributed by atoms with E-state index in [4.69, 9.17) is 23.7 Å². The van der Waals surface area contributed by atoms with Crippen LogP contribution in [0.5, 0.6) is 0 Å². The Bertz CT molecular complexity index is 408. The second-order valence-corrected chi connectivity index (χ2v) is 3.85. The molecule has 1 heterocycles. The summed E-state index contributed by atoms with van der Waals surface area (Å²) in [5, 5.41) is 17.0. The van der Waals surface area contributed by atoms with E-state index in [0.29, 0.717) is 17.9 Å². The first kappa shape index (κ1) is 21.7. The van der Waals surface area contributed by atoms with Crippen LogP contribution < -0.4 is 0 Å². The van der Waals surface area contributed by atoms with Crippen LogP contribution in [0, 0.1) is 0 Å². The van der Waals surface area contributed by atoms with E-state index in [1.54, 1.807) is 18.2 Å². The number of rotatable bonds is 5. The number of aliphatic carboxylic acids is 2. The molecule has 0 bridgehead atoms. The summed E-state index contributed by atoms with van der Waals surface area (Å²) in [5.41, 5.74) is 7.19. The van der Waals surface area contributed by atoms with Crippen LogP contribution in [0.4, 0.5) is 0 Å². The molecule has 0 aromatic carbocycles. The molecule has 0 atom stereocenters. The fraction of sp³-hybridized carbons (Fsp3) is 0.417. The molecule has 0 fully saturated rings. The number of nitrogens with one attached hydrogen (secondary N) is 1. The Morgan fingerprint density at radius 2 is 1.52 bits per heavy atom. The van der Waals surface area contributed by atoms with Gasteiger partial charge < -0.3 is 15.9 Å². The van der Waals surface area contributed by atoms with Crippen LogP contribution in [0.25, 0.3) is 5.73 Å². The molecule has 0 saturated heterocycles. The molecule has 4 N–H and O–H groups in total. The summed E-state index contributed by atoms with van der Waals surface area (Å²) >= 11 is -1.56. The van der Waals surface area contributed by atoms with Gasteiger partial charge in [-0.25, -0.2) is 0 Å². The third kappa shape index (κ3) is 16.3. The molecule has 0 aliphatic rings. The predicted molar refractivity (Wildman–Crippen MR) is 69.3 cm³/mol. The van der Waals surface area contributed by atoms with Crippen molar-refractivity contribution in [1.82, 2.24) is 4.98 Å². The van der Waals surface area contributed by atoms with E-state index in [-0.39, 0.29) is 12.8 Å². The number of hydrogen-bond donors (Lipinski definition) is 3. The molecule has 9 heteroatoms. The van der Waals surface area contributed by atoms with Gasteiger partial charge in [-0.1, -0.05) is 19.4 Å². The van der Waals surface area contributed by atoms with Gasteiger partial charge in [-0.05, 0) is 12.1 Å². The molecule has 118 valence electrons. The Hall–Kier alpha value is -1.61. The van der Waals surface area contributed by atoms with E-state index < -0.39 is 28.5 Å². The second kappa shape index (κ2) is 14.8. The molecule has 1 aromatic rings. The van der Waals surface area contributed by atoms with Crippen molar-refractivity contribution in [2.45, 2.75) is 26.2 Å². The van der Waals surface area contributed by atoms with Crippen molar-refractivity contribution in [2.75, 3.05) is 6.54 Å². The van der Waals surface area contributed by atoms with E-state index in [9.17, 15) is 9.59 Å². The summed E-state index contributed by atoms with van der Waals surface area (Å²) in [6.07, 6.45) is 0.612. The van der Waals surface area contributed by atoms with Gasteiger partial charge >= 0.3 is 36.2 Å². The van der Waals surface area contributed by atoms with Gasteiger partial charge in [0, 0.05) is 0 Å². The molecule has 0 aliphatic heterocycles. The van der Waals surface area contributed by atoms with Crippen LogP contribution in [0.3, 0.4) is 0 Å². The summed E-state index contributed by atoms with van der Waals surface area (Å²) in [5.74, 6) is -1.96. The van der Waals surface area contributed by atoms with Gasteiger partial charge in [0.15, 0.2) is 0 Å². The molecule has 0 unspecified atom stereocenters. The Kier molecular flexibility index (Phi) is 15.3. The number of carboxylic acid groups (broad SMARTS) is 2. The van der Waals surface area contributed by atoms with Crippen LogP contribution in [0.15, 0.2) is 18.2 Å². The van der Waals surface area contributed by atoms with Crippen molar-refractivity contribution in [3.63, 3.8) is 0 Å². The minimum absolute atomic E-state index is 0.187. The molecule has 0 saturated carbocycles. The summed E-state index contributed by atoms with van der Waals surface area (Å²) < 4.78 is 15.7.